The Kier molecular flexibility index (Phi) is 5.32. The summed E-state index contributed by atoms with van der Waals surface area (Å²) in [6.45, 7) is 6.97. The van der Waals surface area contributed by atoms with E-state index >= 15 is 0 Å². The first-order valence-electron chi connectivity index (χ1n) is 7.92. The van der Waals surface area contributed by atoms with Gasteiger partial charge >= 0.3 is 0 Å². The lowest BCUT2D eigenvalue weighted by Crippen LogP contribution is -2.42. The molecular formula is C18H27ClFN. The summed E-state index contributed by atoms with van der Waals surface area (Å²) in [5, 5.41) is 4.13. The zero-order valence-electron chi connectivity index (χ0n) is 13.5. The first-order chi connectivity index (χ1) is 9.81. The monoisotopic (exact) mass is 311 g/mol. The topological polar surface area (TPSA) is 12.0 Å². The minimum atomic E-state index is -0.196. The summed E-state index contributed by atoms with van der Waals surface area (Å²) < 4.78 is 13.5. The van der Waals surface area contributed by atoms with Gasteiger partial charge in [0.15, 0.2) is 0 Å². The molecule has 1 aromatic rings. The van der Waals surface area contributed by atoms with E-state index in [-0.39, 0.29) is 5.82 Å². The summed E-state index contributed by atoms with van der Waals surface area (Å²) in [5.74, 6) is 1.05. The van der Waals surface area contributed by atoms with Gasteiger partial charge in [0.2, 0.25) is 0 Å². The molecule has 1 aliphatic carbocycles. The zero-order valence-corrected chi connectivity index (χ0v) is 14.3. The summed E-state index contributed by atoms with van der Waals surface area (Å²) in [6.07, 6.45) is 4.49. The van der Waals surface area contributed by atoms with Crippen molar-refractivity contribution in [3.63, 3.8) is 0 Å². The molecule has 21 heavy (non-hydrogen) atoms. The largest absolute Gasteiger partial charge is 0.317 e. The zero-order chi connectivity index (χ0) is 15.6. The first kappa shape index (κ1) is 16.8. The number of nitrogens with one attached hydrogen (secondary N) is 1. The van der Waals surface area contributed by atoms with Crippen molar-refractivity contribution in [2.45, 2.75) is 52.5 Å². The summed E-state index contributed by atoms with van der Waals surface area (Å²) in [6, 6.07) is 5.20. The Bertz CT molecular complexity index is 481. The fourth-order valence-electron chi connectivity index (χ4n) is 3.64. The maximum atomic E-state index is 13.5. The van der Waals surface area contributed by atoms with Crippen LogP contribution in [0.15, 0.2) is 18.2 Å². The van der Waals surface area contributed by atoms with Crippen LogP contribution >= 0.6 is 11.6 Å². The highest BCUT2D eigenvalue weighted by Crippen LogP contribution is 2.41. The van der Waals surface area contributed by atoms with E-state index in [0.717, 1.165) is 17.9 Å². The third-order valence-corrected chi connectivity index (χ3v) is 5.44. The second-order valence-electron chi connectivity index (χ2n) is 7.47. The first-order valence-corrected chi connectivity index (χ1v) is 8.30. The Morgan fingerprint density at radius 1 is 1.29 bits per heavy atom. The molecule has 0 radical (unpaired) electrons. The van der Waals surface area contributed by atoms with E-state index in [2.05, 4.69) is 26.1 Å². The van der Waals surface area contributed by atoms with Crippen molar-refractivity contribution in [3.8, 4) is 0 Å². The van der Waals surface area contributed by atoms with E-state index in [1.807, 2.05) is 7.05 Å². The molecule has 0 bridgehead atoms. The number of rotatable bonds is 3. The van der Waals surface area contributed by atoms with Crippen LogP contribution in [-0.2, 0) is 6.42 Å². The number of hydrogen-bond acceptors (Lipinski definition) is 1. The van der Waals surface area contributed by atoms with Crippen LogP contribution in [0.5, 0.6) is 0 Å². The van der Waals surface area contributed by atoms with Gasteiger partial charge < -0.3 is 5.32 Å². The highest BCUT2D eigenvalue weighted by molar-refractivity contribution is 6.31. The molecular weight excluding hydrogens is 285 g/mol. The molecule has 1 N–H and O–H groups in total. The van der Waals surface area contributed by atoms with Crippen molar-refractivity contribution in [2.24, 2.45) is 17.3 Å². The van der Waals surface area contributed by atoms with Crippen LogP contribution in [0.4, 0.5) is 4.39 Å². The molecule has 118 valence electrons. The third kappa shape index (κ3) is 4.20. The van der Waals surface area contributed by atoms with Crippen LogP contribution in [0.2, 0.25) is 5.02 Å². The lowest BCUT2D eigenvalue weighted by atomic mass is 9.66. The quantitative estimate of drug-likeness (QED) is 0.821. The van der Waals surface area contributed by atoms with Crippen LogP contribution in [0.25, 0.3) is 0 Å². The van der Waals surface area contributed by atoms with Gasteiger partial charge in [-0.1, -0.05) is 32.4 Å². The number of hydrogen-bond donors (Lipinski definition) is 1. The van der Waals surface area contributed by atoms with Gasteiger partial charge in [0.25, 0.3) is 0 Å². The van der Waals surface area contributed by atoms with Crippen molar-refractivity contribution in [1.82, 2.24) is 5.32 Å². The third-order valence-electron chi connectivity index (χ3n) is 5.07. The van der Waals surface area contributed by atoms with Crippen LogP contribution in [0.1, 0.15) is 45.6 Å². The average molecular weight is 312 g/mol. The van der Waals surface area contributed by atoms with Crippen molar-refractivity contribution in [1.29, 1.82) is 0 Å². The Labute approximate surface area is 133 Å². The molecule has 3 unspecified atom stereocenters. The second-order valence-corrected chi connectivity index (χ2v) is 7.88. The highest BCUT2D eigenvalue weighted by atomic mass is 35.5. The van der Waals surface area contributed by atoms with E-state index in [0.29, 0.717) is 22.4 Å². The molecule has 1 fully saturated rings. The van der Waals surface area contributed by atoms with Gasteiger partial charge in [0, 0.05) is 11.1 Å². The molecule has 0 heterocycles. The average Bonchev–Trinajstić information content (AvgIpc) is 2.42. The molecule has 2 rings (SSSR count). The Morgan fingerprint density at radius 3 is 2.62 bits per heavy atom. The molecule has 3 heteroatoms. The van der Waals surface area contributed by atoms with E-state index in [9.17, 15) is 4.39 Å². The van der Waals surface area contributed by atoms with Gasteiger partial charge in [0.05, 0.1) is 0 Å². The molecule has 1 aromatic carbocycles. The van der Waals surface area contributed by atoms with Gasteiger partial charge in [0.1, 0.15) is 5.82 Å². The van der Waals surface area contributed by atoms with Crippen LogP contribution < -0.4 is 5.32 Å². The molecule has 1 nitrogen and oxygen atoms in total. The fraction of sp³-hybridized carbons (Fsp3) is 0.667. The molecule has 0 spiro atoms. The van der Waals surface area contributed by atoms with Crippen molar-refractivity contribution < 1.29 is 4.39 Å². The molecule has 1 aliphatic rings. The van der Waals surface area contributed by atoms with Crippen molar-refractivity contribution in [2.75, 3.05) is 7.05 Å². The summed E-state index contributed by atoms with van der Waals surface area (Å²) in [4.78, 5) is 0. The molecule has 3 atom stereocenters. The van der Waals surface area contributed by atoms with Crippen LogP contribution in [-0.4, -0.2) is 13.1 Å². The van der Waals surface area contributed by atoms with Crippen LogP contribution in [0, 0.1) is 23.1 Å². The predicted octanol–water partition coefficient (Wildman–Crippen LogP) is 5.07. The van der Waals surface area contributed by atoms with Crippen molar-refractivity contribution in [3.05, 3.63) is 34.6 Å². The molecule has 0 aliphatic heterocycles. The van der Waals surface area contributed by atoms with Gasteiger partial charge in [-0.05, 0) is 73.7 Å². The Hall–Kier alpha value is -0.600. The van der Waals surface area contributed by atoms with E-state index in [1.54, 1.807) is 12.1 Å². The Balaban J connectivity index is 2.16. The van der Waals surface area contributed by atoms with Gasteiger partial charge in [-0.2, -0.15) is 0 Å². The molecule has 0 amide bonds. The minimum Gasteiger partial charge on any atom is -0.317 e. The van der Waals surface area contributed by atoms with E-state index in [1.165, 1.54) is 25.3 Å². The fourth-order valence-corrected chi connectivity index (χ4v) is 3.83. The maximum Gasteiger partial charge on any atom is 0.123 e. The number of benzene rings is 1. The van der Waals surface area contributed by atoms with E-state index in [4.69, 9.17) is 11.6 Å². The van der Waals surface area contributed by atoms with E-state index < -0.39 is 0 Å². The SMILES string of the molecule is CNC1CCC(C(C)(C)C)CC1Cc1cc(F)ccc1Cl. The van der Waals surface area contributed by atoms with Crippen LogP contribution in [0.3, 0.4) is 0 Å². The lowest BCUT2D eigenvalue weighted by Gasteiger charge is -2.42. The maximum absolute atomic E-state index is 13.5. The standard InChI is InChI=1S/C18H27ClFN/c1-18(2,3)14-5-8-17(21-4)13(10-14)9-12-11-15(20)6-7-16(12)19/h6-7,11,13-14,17,21H,5,8-10H2,1-4H3. The molecule has 1 saturated carbocycles. The van der Waals surface area contributed by atoms with Gasteiger partial charge in [-0.25, -0.2) is 4.39 Å². The minimum absolute atomic E-state index is 0.196. The smallest absolute Gasteiger partial charge is 0.123 e. The summed E-state index contributed by atoms with van der Waals surface area (Å²) in [5.41, 5.74) is 1.28. The number of halogens is 2. The second kappa shape index (κ2) is 6.66. The predicted molar refractivity (Wildman–Crippen MR) is 88.2 cm³/mol. The highest BCUT2D eigenvalue weighted by Gasteiger charge is 2.35. The molecule has 0 saturated heterocycles. The van der Waals surface area contributed by atoms with Crippen molar-refractivity contribution >= 4 is 11.6 Å². The summed E-state index contributed by atoms with van der Waals surface area (Å²) in [7, 11) is 2.03. The normalized spacial score (nSPS) is 26.9. The lowest BCUT2D eigenvalue weighted by molar-refractivity contribution is 0.116. The van der Waals surface area contributed by atoms with Gasteiger partial charge in [-0.15, -0.1) is 0 Å². The Morgan fingerprint density at radius 2 is 2.00 bits per heavy atom. The summed E-state index contributed by atoms with van der Waals surface area (Å²) >= 11 is 6.25. The molecule has 0 aromatic heterocycles. The van der Waals surface area contributed by atoms with Gasteiger partial charge in [-0.3, -0.25) is 0 Å².